The highest BCUT2D eigenvalue weighted by atomic mass is 16.5. The zero-order valence-corrected chi connectivity index (χ0v) is 18.3. The minimum atomic E-state index is -0.322. The molecular formula is C26H28N2O4. The van der Waals surface area contributed by atoms with Gasteiger partial charge in [0.25, 0.3) is 11.8 Å². The predicted molar refractivity (Wildman–Crippen MR) is 125 cm³/mol. The zero-order chi connectivity index (χ0) is 22.3. The van der Waals surface area contributed by atoms with E-state index in [1.807, 2.05) is 47.4 Å². The van der Waals surface area contributed by atoms with Crippen LogP contribution >= 0.6 is 0 Å². The monoisotopic (exact) mass is 432 g/mol. The van der Waals surface area contributed by atoms with Gasteiger partial charge >= 0.3 is 0 Å². The Hall–Kier alpha value is -3.54. The van der Waals surface area contributed by atoms with Crippen molar-refractivity contribution in [2.45, 2.75) is 25.7 Å². The van der Waals surface area contributed by atoms with Crippen LogP contribution in [0.5, 0.6) is 11.5 Å². The second kappa shape index (κ2) is 10.2. The molecule has 6 heteroatoms. The van der Waals surface area contributed by atoms with Crippen LogP contribution in [-0.4, -0.2) is 43.5 Å². The summed E-state index contributed by atoms with van der Waals surface area (Å²) in [5.74, 6) is 0.591. The Kier molecular flexibility index (Phi) is 6.90. The number of carbonyl (C=O) groups is 2. The van der Waals surface area contributed by atoms with Gasteiger partial charge in [-0.2, -0.15) is 0 Å². The molecule has 1 aliphatic rings. The number of amides is 2. The standard InChI is InChI=1S/C26H28N2O4/c1-31-23-13-7-6-12-22(23)27-26(30)21-16-19-10-4-5-11-20(19)17-24(21)32-18-25(29)28-14-8-2-3-9-15-28/h4-7,10-13,16-17H,2-3,8-9,14-15,18H2,1H3,(H,27,30). The third-order valence-electron chi connectivity index (χ3n) is 5.76. The molecule has 1 aliphatic heterocycles. The van der Waals surface area contributed by atoms with Gasteiger partial charge in [-0.3, -0.25) is 9.59 Å². The minimum absolute atomic E-state index is 0.0452. The summed E-state index contributed by atoms with van der Waals surface area (Å²) in [6.07, 6.45) is 4.35. The molecule has 2 amide bonds. The van der Waals surface area contributed by atoms with Crippen LogP contribution in [0, 0.1) is 0 Å². The van der Waals surface area contributed by atoms with E-state index >= 15 is 0 Å². The van der Waals surface area contributed by atoms with Gasteiger partial charge in [0.1, 0.15) is 11.5 Å². The Labute approximate surface area is 188 Å². The van der Waals surface area contributed by atoms with E-state index in [-0.39, 0.29) is 18.4 Å². The zero-order valence-electron chi connectivity index (χ0n) is 18.3. The quantitative estimate of drug-likeness (QED) is 0.603. The van der Waals surface area contributed by atoms with Crippen LogP contribution in [0.1, 0.15) is 36.0 Å². The SMILES string of the molecule is COc1ccccc1NC(=O)c1cc2ccccc2cc1OCC(=O)N1CCCCCC1. The maximum absolute atomic E-state index is 13.2. The summed E-state index contributed by atoms with van der Waals surface area (Å²) in [7, 11) is 1.56. The molecule has 1 N–H and O–H groups in total. The van der Waals surface area contributed by atoms with Crippen molar-refractivity contribution in [3.8, 4) is 11.5 Å². The van der Waals surface area contributed by atoms with Crippen LogP contribution in [0.2, 0.25) is 0 Å². The van der Waals surface area contributed by atoms with Crippen LogP contribution in [0.25, 0.3) is 10.8 Å². The van der Waals surface area contributed by atoms with Gasteiger partial charge < -0.3 is 19.7 Å². The van der Waals surface area contributed by atoms with Gasteiger partial charge in [-0.15, -0.1) is 0 Å². The normalized spacial score (nSPS) is 14.0. The summed E-state index contributed by atoms with van der Waals surface area (Å²) in [5, 5.41) is 4.77. The lowest BCUT2D eigenvalue weighted by molar-refractivity contribution is -0.133. The van der Waals surface area contributed by atoms with E-state index in [0.717, 1.165) is 49.5 Å². The Morgan fingerprint density at radius 2 is 1.53 bits per heavy atom. The minimum Gasteiger partial charge on any atom is -0.495 e. The summed E-state index contributed by atoms with van der Waals surface area (Å²) in [5.41, 5.74) is 0.943. The van der Waals surface area contributed by atoms with Crippen LogP contribution < -0.4 is 14.8 Å². The van der Waals surface area contributed by atoms with Gasteiger partial charge in [0.15, 0.2) is 6.61 Å². The van der Waals surface area contributed by atoms with E-state index in [1.54, 1.807) is 25.3 Å². The molecule has 0 saturated carbocycles. The number of benzene rings is 3. The van der Waals surface area contributed by atoms with Crippen molar-refractivity contribution in [1.82, 2.24) is 4.90 Å². The van der Waals surface area contributed by atoms with Gasteiger partial charge in [0.2, 0.25) is 0 Å². The van der Waals surface area contributed by atoms with Crippen molar-refractivity contribution < 1.29 is 19.1 Å². The van der Waals surface area contributed by atoms with Crippen molar-refractivity contribution in [3.05, 3.63) is 66.2 Å². The molecule has 1 heterocycles. The number of methoxy groups -OCH3 is 1. The number of ether oxygens (including phenoxy) is 2. The summed E-state index contributed by atoms with van der Waals surface area (Å²) in [6.45, 7) is 1.44. The molecule has 0 aromatic heterocycles. The molecule has 0 spiro atoms. The fourth-order valence-electron chi connectivity index (χ4n) is 4.00. The van der Waals surface area contributed by atoms with Crippen molar-refractivity contribution in [3.63, 3.8) is 0 Å². The Morgan fingerprint density at radius 3 is 2.25 bits per heavy atom. The number of nitrogens with one attached hydrogen (secondary N) is 1. The first-order valence-corrected chi connectivity index (χ1v) is 11.0. The molecule has 0 aliphatic carbocycles. The molecule has 0 atom stereocenters. The third-order valence-corrected chi connectivity index (χ3v) is 5.76. The molecular weight excluding hydrogens is 404 g/mol. The second-order valence-corrected chi connectivity index (χ2v) is 7.93. The third kappa shape index (κ3) is 5.02. The first-order chi connectivity index (χ1) is 15.7. The lowest BCUT2D eigenvalue weighted by Crippen LogP contribution is -2.35. The van der Waals surface area contributed by atoms with Gasteiger partial charge in [0.05, 0.1) is 18.4 Å². The lowest BCUT2D eigenvalue weighted by Gasteiger charge is -2.21. The number of fused-ring (bicyclic) bond motifs is 1. The Bertz CT molecular complexity index is 1100. The highest BCUT2D eigenvalue weighted by molar-refractivity contribution is 6.09. The fourth-order valence-corrected chi connectivity index (χ4v) is 4.00. The summed E-state index contributed by atoms with van der Waals surface area (Å²) < 4.78 is 11.3. The maximum atomic E-state index is 13.2. The molecule has 0 radical (unpaired) electrons. The number of anilines is 1. The summed E-state index contributed by atoms with van der Waals surface area (Å²) in [6, 6.07) is 18.6. The summed E-state index contributed by atoms with van der Waals surface area (Å²) >= 11 is 0. The first-order valence-electron chi connectivity index (χ1n) is 11.0. The first kappa shape index (κ1) is 21.7. The highest BCUT2D eigenvalue weighted by Crippen LogP contribution is 2.29. The number of carbonyl (C=O) groups excluding carboxylic acids is 2. The van der Waals surface area contributed by atoms with Crippen LogP contribution in [0.15, 0.2) is 60.7 Å². The fraction of sp³-hybridized carbons (Fsp3) is 0.308. The van der Waals surface area contributed by atoms with Gasteiger partial charge in [0, 0.05) is 13.1 Å². The summed E-state index contributed by atoms with van der Waals surface area (Å²) in [4.78, 5) is 27.8. The molecule has 32 heavy (non-hydrogen) atoms. The maximum Gasteiger partial charge on any atom is 0.260 e. The van der Waals surface area contributed by atoms with E-state index in [4.69, 9.17) is 9.47 Å². The number of para-hydroxylation sites is 2. The molecule has 3 aromatic rings. The van der Waals surface area contributed by atoms with Crippen LogP contribution in [0.3, 0.4) is 0 Å². The largest absolute Gasteiger partial charge is 0.495 e. The number of likely N-dealkylation sites (tertiary alicyclic amines) is 1. The lowest BCUT2D eigenvalue weighted by atomic mass is 10.1. The van der Waals surface area contributed by atoms with Gasteiger partial charge in [-0.25, -0.2) is 0 Å². The average Bonchev–Trinajstić information content (AvgIpc) is 3.12. The number of hydrogen-bond acceptors (Lipinski definition) is 4. The number of hydrogen-bond donors (Lipinski definition) is 1. The molecule has 6 nitrogen and oxygen atoms in total. The molecule has 4 rings (SSSR count). The number of nitrogens with zero attached hydrogens (tertiary/aromatic N) is 1. The molecule has 3 aromatic carbocycles. The van der Waals surface area contributed by atoms with Crippen molar-refractivity contribution >= 4 is 28.3 Å². The Morgan fingerprint density at radius 1 is 0.875 bits per heavy atom. The van der Waals surface area contributed by atoms with E-state index in [2.05, 4.69) is 5.32 Å². The van der Waals surface area contributed by atoms with Crippen molar-refractivity contribution in [2.75, 3.05) is 32.1 Å². The molecule has 1 fully saturated rings. The van der Waals surface area contributed by atoms with Crippen molar-refractivity contribution in [1.29, 1.82) is 0 Å². The van der Waals surface area contributed by atoms with E-state index in [9.17, 15) is 9.59 Å². The molecule has 0 bridgehead atoms. The van der Waals surface area contributed by atoms with E-state index < -0.39 is 0 Å². The molecule has 0 unspecified atom stereocenters. The van der Waals surface area contributed by atoms with Gasteiger partial charge in [-0.05, 0) is 47.9 Å². The van der Waals surface area contributed by atoms with E-state index in [1.165, 1.54) is 0 Å². The second-order valence-electron chi connectivity index (χ2n) is 7.93. The average molecular weight is 433 g/mol. The highest BCUT2D eigenvalue weighted by Gasteiger charge is 2.20. The van der Waals surface area contributed by atoms with Crippen molar-refractivity contribution in [2.24, 2.45) is 0 Å². The topological polar surface area (TPSA) is 67.9 Å². The molecule has 1 saturated heterocycles. The Balaban J connectivity index is 1.58. The number of rotatable bonds is 6. The predicted octanol–water partition coefficient (Wildman–Crippen LogP) is 4.88. The van der Waals surface area contributed by atoms with Gasteiger partial charge in [-0.1, -0.05) is 49.2 Å². The molecule has 166 valence electrons. The van der Waals surface area contributed by atoms with E-state index in [0.29, 0.717) is 22.7 Å². The smallest absolute Gasteiger partial charge is 0.260 e. The van der Waals surface area contributed by atoms with Crippen LogP contribution in [-0.2, 0) is 4.79 Å². The van der Waals surface area contributed by atoms with Crippen LogP contribution in [0.4, 0.5) is 5.69 Å².